The Bertz CT molecular complexity index is 907. The Morgan fingerprint density at radius 1 is 1.23 bits per heavy atom. The molecule has 4 nitrogen and oxygen atoms in total. The molecule has 160 valence electrons. The Balaban J connectivity index is 0.000000310. The molecule has 0 aromatic heterocycles. The molecule has 2 aliphatic carbocycles. The van der Waals surface area contributed by atoms with Crippen molar-refractivity contribution in [2.45, 2.75) is 52.5 Å². The van der Waals surface area contributed by atoms with E-state index in [-0.39, 0.29) is 11.5 Å². The number of nitrogens with two attached hydrogens (primary N) is 1. The number of carbonyl (C=O) groups excluding carboxylic acids is 1. The van der Waals surface area contributed by atoms with E-state index in [2.05, 4.69) is 44.3 Å². The summed E-state index contributed by atoms with van der Waals surface area (Å²) in [5.41, 5.74) is 11.1. The summed E-state index contributed by atoms with van der Waals surface area (Å²) in [6, 6.07) is 15.6. The van der Waals surface area contributed by atoms with Gasteiger partial charge in [-0.2, -0.15) is 0 Å². The van der Waals surface area contributed by atoms with Gasteiger partial charge in [0.25, 0.3) is 0 Å². The maximum Gasteiger partial charge on any atom is 0.338 e. The number of hydrogen-bond donors (Lipinski definition) is 2. The number of esters is 1. The number of rotatable bonds is 4. The third-order valence-electron chi connectivity index (χ3n) is 6.10. The largest absolute Gasteiger partial charge is 0.462 e. The zero-order valence-electron chi connectivity index (χ0n) is 18.6. The lowest BCUT2D eigenvalue weighted by Gasteiger charge is -2.47. The van der Waals surface area contributed by atoms with Crippen LogP contribution in [-0.2, 0) is 4.74 Å². The number of hydrogen-bond acceptors (Lipinski definition) is 4. The summed E-state index contributed by atoms with van der Waals surface area (Å²) >= 11 is 0. The van der Waals surface area contributed by atoms with E-state index in [1.807, 2.05) is 24.3 Å². The van der Waals surface area contributed by atoms with Gasteiger partial charge in [0.1, 0.15) is 0 Å². The van der Waals surface area contributed by atoms with Crippen LogP contribution in [0.15, 0.2) is 60.2 Å². The van der Waals surface area contributed by atoms with Gasteiger partial charge in [-0.3, -0.25) is 0 Å². The van der Waals surface area contributed by atoms with Crippen LogP contribution in [0.5, 0.6) is 0 Å². The SMILES string of the molecule is CCOC(=O)c1ccc(NC2(C)CC=C3C(C)CC3C2)c(N)c1.Cc1ccccc1. The van der Waals surface area contributed by atoms with E-state index in [0.717, 1.165) is 30.4 Å². The van der Waals surface area contributed by atoms with Crippen molar-refractivity contribution in [3.63, 3.8) is 0 Å². The number of benzene rings is 2. The van der Waals surface area contributed by atoms with E-state index in [9.17, 15) is 4.79 Å². The van der Waals surface area contributed by atoms with Crippen LogP contribution in [-0.4, -0.2) is 18.1 Å². The Kier molecular flexibility index (Phi) is 6.86. The molecule has 1 saturated carbocycles. The molecular formula is C26H34N2O2. The quantitative estimate of drug-likeness (QED) is 0.372. The first kappa shape index (κ1) is 21.9. The average molecular weight is 407 g/mol. The Morgan fingerprint density at radius 2 is 1.97 bits per heavy atom. The van der Waals surface area contributed by atoms with Gasteiger partial charge in [-0.25, -0.2) is 4.79 Å². The second-order valence-corrected chi connectivity index (χ2v) is 8.81. The first-order chi connectivity index (χ1) is 14.3. The second-order valence-electron chi connectivity index (χ2n) is 8.81. The van der Waals surface area contributed by atoms with Gasteiger partial charge in [-0.05, 0) is 70.1 Å². The van der Waals surface area contributed by atoms with E-state index in [1.54, 1.807) is 24.6 Å². The number of carbonyl (C=O) groups is 1. The highest BCUT2D eigenvalue weighted by Crippen LogP contribution is 2.49. The second kappa shape index (κ2) is 9.38. The molecule has 0 spiro atoms. The normalized spacial score (nSPS) is 24.3. The van der Waals surface area contributed by atoms with Crippen molar-refractivity contribution in [3.8, 4) is 0 Å². The summed E-state index contributed by atoms with van der Waals surface area (Å²) in [4.78, 5) is 11.8. The predicted octanol–water partition coefficient (Wildman–Crippen LogP) is 5.99. The van der Waals surface area contributed by atoms with Gasteiger partial charge >= 0.3 is 5.97 Å². The van der Waals surface area contributed by atoms with Crippen molar-refractivity contribution in [1.82, 2.24) is 0 Å². The molecule has 3 atom stereocenters. The molecular weight excluding hydrogens is 372 g/mol. The minimum atomic E-state index is -0.328. The molecule has 4 heteroatoms. The van der Waals surface area contributed by atoms with Crippen molar-refractivity contribution in [1.29, 1.82) is 0 Å². The molecule has 0 bridgehead atoms. The van der Waals surface area contributed by atoms with Crippen LogP contribution >= 0.6 is 0 Å². The molecule has 0 saturated heterocycles. The van der Waals surface area contributed by atoms with Crippen molar-refractivity contribution in [2.24, 2.45) is 11.8 Å². The number of nitrogens with one attached hydrogen (secondary N) is 1. The van der Waals surface area contributed by atoms with Gasteiger partial charge in [-0.1, -0.05) is 54.5 Å². The fourth-order valence-electron chi connectivity index (χ4n) is 4.46. The molecule has 2 aromatic rings. The van der Waals surface area contributed by atoms with Crippen LogP contribution in [0.2, 0.25) is 0 Å². The molecule has 30 heavy (non-hydrogen) atoms. The Labute approximate surface area is 180 Å². The minimum absolute atomic E-state index is 0.0217. The lowest BCUT2D eigenvalue weighted by atomic mass is 9.62. The van der Waals surface area contributed by atoms with Gasteiger partial charge in [-0.15, -0.1) is 0 Å². The maximum absolute atomic E-state index is 11.8. The van der Waals surface area contributed by atoms with Crippen molar-refractivity contribution >= 4 is 17.3 Å². The molecule has 0 radical (unpaired) electrons. The number of anilines is 2. The molecule has 4 rings (SSSR count). The van der Waals surface area contributed by atoms with Gasteiger partial charge < -0.3 is 15.8 Å². The third kappa shape index (κ3) is 5.24. The van der Waals surface area contributed by atoms with Gasteiger partial charge in [0.15, 0.2) is 0 Å². The average Bonchev–Trinajstić information content (AvgIpc) is 2.70. The zero-order valence-corrected chi connectivity index (χ0v) is 18.6. The van der Waals surface area contributed by atoms with Gasteiger partial charge in [0, 0.05) is 5.54 Å². The van der Waals surface area contributed by atoms with Crippen LogP contribution in [0.3, 0.4) is 0 Å². The third-order valence-corrected chi connectivity index (χ3v) is 6.10. The topological polar surface area (TPSA) is 64.3 Å². The highest BCUT2D eigenvalue weighted by molar-refractivity contribution is 5.92. The molecule has 3 unspecified atom stereocenters. The Hall–Kier alpha value is -2.75. The van der Waals surface area contributed by atoms with E-state index >= 15 is 0 Å². The molecule has 1 fully saturated rings. The zero-order chi connectivity index (χ0) is 21.7. The minimum Gasteiger partial charge on any atom is -0.462 e. The number of allylic oxidation sites excluding steroid dienone is 1. The van der Waals surface area contributed by atoms with Crippen molar-refractivity contribution in [2.75, 3.05) is 17.7 Å². The highest BCUT2D eigenvalue weighted by Gasteiger charge is 2.41. The van der Waals surface area contributed by atoms with Crippen LogP contribution in [0.4, 0.5) is 11.4 Å². The summed E-state index contributed by atoms with van der Waals surface area (Å²) in [5, 5.41) is 3.60. The number of aryl methyl sites for hydroxylation is 1. The first-order valence-corrected chi connectivity index (χ1v) is 10.9. The lowest BCUT2D eigenvalue weighted by Crippen LogP contribution is -2.44. The molecule has 3 N–H and O–H groups in total. The molecule has 2 aromatic carbocycles. The van der Waals surface area contributed by atoms with Gasteiger partial charge in [0.2, 0.25) is 0 Å². The Morgan fingerprint density at radius 3 is 2.50 bits per heavy atom. The van der Waals surface area contributed by atoms with E-state index in [0.29, 0.717) is 17.9 Å². The standard InChI is InChI=1S/C19H26N2O2.C7H8/c1-4-23-18(22)13-5-6-17(16(20)10-13)21-19(3)8-7-15-12(2)9-14(15)11-19;1-7-5-3-2-4-6-7/h5-7,10,12,14,21H,4,8-9,11,20H2,1-3H3;2-6H,1H3. The molecule has 0 heterocycles. The lowest BCUT2D eigenvalue weighted by molar-refractivity contribution is 0.0526. The summed E-state index contributed by atoms with van der Waals surface area (Å²) in [5.74, 6) is 1.15. The van der Waals surface area contributed by atoms with Crippen LogP contribution in [0.25, 0.3) is 0 Å². The summed E-state index contributed by atoms with van der Waals surface area (Å²) in [7, 11) is 0. The highest BCUT2D eigenvalue weighted by atomic mass is 16.5. The monoisotopic (exact) mass is 406 g/mol. The number of ether oxygens (including phenoxy) is 1. The fraction of sp³-hybridized carbons (Fsp3) is 0.423. The maximum atomic E-state index is 11.8. The van der Waals surface area contributed by atoms with Crippen LogP contribution in [0.1, 0.15) is 56.0 Å². The number of fused-ring (bicyclic) bond motifs is 1. The summed E-state index contributed by atoms with van der Waals surface area (Å²) < 4.78 is 5.01. The smallest absolute Gasteiger partial charge is 0.338 e. The van der Waals surface area contributed by atoms with Crippen molar-refractivity contribution in [3.05, 3.63) is 71.3 Å². The summed E-state index contributed by atoms with van der Waals surface area (Å²) in [6.45, 7) is 8.81. The van der Waals surface area contributed by atoms with Gasteiger partial charge in [0.05, 0.1) is 23.5 Å². The first-order valence-electron chi connectivity index (χ1n) is 10.9. The molecule has 0 aliphatic heterocycles. The summed E-state index contributed by atoms with van der Waals surface area (Å²) in [6.07, 6.45) is 5.85. The predicted molar refractivity (Wildman–Crippen MR) is 125 cm³/mol. The number of nitrogen functional groups attached to an aromatic ring is 1. The molecule has 2 aliphatic rings. The van der Waals surface area contributed by atoms with Crippen LogP contribution < -0.4 is 11.1 Å². The van der Waals surface area contributed by atoms with Crippen molar-refractivity contribution < 1.29 is 9.53 Å². The fourth-order valence-corrected chi connectivity index (χ4v) is 4.46. The van der Waals surface area contributed by atoms with E-state index < -0.39 is 0 Å². The molecule has 0 amide bonds. The van der Waals surface area contributed by atoms with E-state index in [4.69, 9.17) is 10.5 Å². The van der Waals surface area contributed by atoms with Crippen LogP contribution in [0, 0.1) is 18.8 Å². The van der Waals surface area contributed by atoms with E-state index in [1.165, 1.54) is 12.0 Å².